The van der Waals surface area contributed by atoms with E-state index in [4.69, 9.17) is 9.26 Å². The Morgan fingerprint density at radius 2 is 1.85 bits per heavy atom. The molecule has 40 heavy (non-hydrogen) atoms. The highest BCUT2D eigenvalue weighted by molar-refractivity contribution is 7.89. The van der Waals surface area contributed by atoms with E-state index in [0.717, 1.165) is 5.56 Å². The second kappa shape index (κ2) is 11.2. The van der Waals surface area contributed by atoms with Crippen LogP contribution in [-0.4, -0.2) is 78.3 Å². The summed E-state index contributed by atoms with van der Waals surface area (Å²) in [6, 6.07) is 10.5. The first-order valence-corrected chi connectivity index (χ1v) is 14.6. The molecular formula is C28H34FN3O7S. The number of sulfonamides is 1. The summed E-state index contributed by atoms with van der Waals surface area (Å²) in [7, 11) is -4.12. The molecule has 4 atom stereocenters. The smallest absolute Gasteiger partial charge is 0.244 e. The van der Waals surface area contributed by atoms with Crippen LogP contribution in [0.25, 0.3) is 11.1 Å². The summed E-state index contributed by atoms with van der Waals surface area (Å²) in [4.78, 5) is 1.79. The first-order chi connectivity index (χ1) is 19.0. The maximum Gasteiger partial charge on any atom is 0.244 e. The molecule has 10 nitrogen and oxygen atoms in total. The molecule has 5 rings (SSSR count). The first-order valence-electron chi connectivity index (χ1n) is 13.2. The average molecular weight is 576 g/mol. The summed E-state index contributed by atoms with van der Waals surface area (Å²) in [5, 5.41) is 36.0. The molecule has 216 valence electrons. The summed E-state index contributed by atoms with van der Waals surface area (Å²) in [6.07, 6.45) is -2.63. The molecular weight excluding hydrogens is 541 g/mol. The normalized spacial score (nSPS) is 27.5. The van der Waals surface area contributed by atoms with Gasteiger partial charge in [-0.05, 0) is 50.5 Å². The highest BCUT2D eigenvalue weighted by Crippen LogP contribution is 2.42. The Morgan fingerprint density at radius 1 is 1.12 bits per heavy atom. The van der Waals surface area contributed by atoms with Gasteiger partial charge >= 0.3 is 0 Å². The van der Waals surface area contributed by atoms with Crippen LogP contribution < -0.4 is 9.46 Å². The molecule has 1 fully saturated rings. The molecule has 0 bridgehead atoms. The van der Waals surface area contributed by atoms with Crippen LogP contribution in [0, 0.1) is 25.1 Å². The minimum absolute atomic E-state index is 0.0100. The van der Waals surface area contributed by atoms with Crippen LogP contribution in [0.1, 0.15) is 29.9 Å². The third kappa shape index (κ3) is 5.92. The van der Waals surface area contributed by atoms with Crippen LogP contribution in [0.15, 0.2) is 51.9 Å². The Bertz CT molecular complexity index is 1450. The Kier molecular flexibility index (Phi) is 8.01. The number of aryl methyl sites for hydroxylation is 2. The lowest BCUT2D eigenvalue weighted by Gasteiger charge is -2.37. The van der Waals surface area contributed by atoms with Crippen LogP contribution in [0.4, 0.5) is 4.39 Å². The molecule has 1 aliphatic heterocycles. The molecule has 1 spiro atoms. The van der Waals surface area contributed by atoms with Crippen LogP contribution in [0.3, 0.4) is 0 Å². The second-order valence-electron chi connectivity index (χ2n) is 11.0. The van der Waals surface area contributed by atoms with Gasteiger partial charge in [-0.2, -0.15) is 0 Å². The Balaban J connectivity index is 1.55. The van der Waals surface area contributed by atoms with E-state index in [2.05, 4.69) is 9.88 Å². The van der Waals surface area contributed by atoms with Crippen LogP contribution >= 0.6 is 0 Å². The fourth-order valence-electron chi connectivity index (χ4n) is 5.73. The number of halogens is 1. The molecule has 1 aromatic heterocycles. The van der Waals surface area contributed by atoms with Crippen LogP contribution in [0.5, 0.6) is 5.75 Å². The monoisotopic (exact) mass is 575 g/mol. The van der Waals surface area contributed by atoms with Crippen molar-refractivity contribution in [2.45, 2.75) is 56.4 Å². The van der Waals surface area contributed by atoms with Crippen molar-refractivity contribution in [1.82, 2.24) is 14.8 Å². The zero-order chi connectivity index (χ0) is 28.7. The number of β-amino-alcohol motifs (C(OH)–C–C–N with tert-alkyl or cyclic N) is 1. The van der Waals surface area contributed by atoms with Crippen molar-refractivity contribution < 1.29 is 37.4 Å². The molecule has 2 heterocycles. The number of rotatable bonds is 3. The van der Waals surface area contributed by atoms with E-state index >= 15 is 0 Å². The number of ether oxygens (including phenoxy) is 1. The number of hydrogen-bond donors (Lipinski definition) is 4. The maximum atomic E-state index is 14.6. The van der Waals surface area contributed by atoms with Gasteiger partial charge in [-0.15, -0.1) is 0 Å². The average Bonchev–Trinajstić information content (AvgIpc) is 3.37. The van der Waals surface area contributed by atoms with Gasteiger partial charge in [0.15, 0.2) is 0 Å². The lowest BCUT2D eigenvalue weighted by Crippen LogP contribution is -2.46. The molecule has 0 saturated heterocycles. The number of nitrogens with zero attached hydrogens (tertiary/aromatic N) is 2. The standard InChI is InChI=1S/C28H34FN3O7S/c1-17-22(18(2)39-31-17)14-32-13-20(33)12-30-40(36,37)27-8-7-19(21-5-3-4-6-23(21)29)9-26(27)38-16-28(15-32)10-24(34)25(35)11-28/h3-9,20,24-25,30,33-35H,10-16H2,1-2H3/t20-,24-,25+,28?/m0/s1. The largest absolute Gasteiger partial charge is 0.492 e. The van der Waals surface area contributed by atoms with Gasteiger partial charge in [-0.3, -0.25) is 4.90 Å². The second-order valence-corrected chi connectivity index (χ2v) is 12.7. The highest BCUT2D eigenvalue weighted by Gasteiger charge is 2.46. The van der Waals surface area contributed by atoms with E-state index in [0.29, 0.717) is 30.1 Å². The van der Waals surface area contributed by atoms with E-state index in [1.54, 1.807) is 25.1 Å². The quantitative estimate of drug-likeness (QED) is 0.369. The number of aromatic nitrogens is 1. The summed E-state index contributed by atoms with van der Waals surface area (Å²) in [5.41, 5.74) is 1.48. The highest BCUT2D eigenvalue weighted by atomic mass is 32.2. The molecule has 3 aromatic rings. The van der Waals surface area contributed by atoms with Gasteiger partial charge in [0.2, 0.25) is 10.0 Å². The fraction of sp³-hybridized carbons (Fsp3) is 0.464. The maximum absolute atomic E-state index is 14.6. The molecule has 0 radical (unpaired) electrons. The number of benzene rings is 2. The van der Waals surface area contributed by atoms with Crippen molar-refractivity contribution >= 4 is 10.0 Å². The molecule has 12 heteroatoms. The van der Waals surface area contributed by atoms with Crippen LogP contribution in [0.2, 0.25) is 0 Å². The molecule has 4 N–H and O–H groups in total. The van der Waals surface area contributed by atoms with Gasteiger partial charge in [0, 0.05) is 42.7 Å². The topological polar surface area (TPSA) is 145 Å². The molecule has 1 aliphatic carbocycles. The van der Waals surface area contributed by atoms with E-state index in [9.17, 15) is 28.1 Å². The van der Waals surface area contributed by atoms with Crippen molar-refractivity contribution in [3.05, 3.63) is 65.3 Å². The molecule has 1 unspecified atom stereocenters. The fourth-order valence-corrected chi connectivity index (χ4v) is 6.93. The Labute approximate surface area is 232 Å². The van der Waals surface area contributed by atoms with Gasteiger partial charge in [0.1, 0.15) is 22.2 Å². The van der Waals surface area contributed by atoms with Crippen LogP contribution in [-0.2, 0) is 16.6 Å². The summed E-state index contributed by atoms with van der Waals surface area (Å²) < 4.78 is 55.2. The molecule has 0 amide bonds. The molecule has 1 saturated carbocycles. The number of aliphatic hydroxyl groups excluding tert-OH is 3. The zero-order valence-electron chi connectivity index (χ0n) is 22.4. The van der Waals surface area contributed by atoms with E-state index in [-0.39, 0.29) is 48.7 Å². The van der Waals surface area contributed by atoms with Crippen molar-refractivity contribution in [2.75, 3.05) is 26.2 Å². The van der Waals surface area contributed by atoms with Gasteiger partial charge in [0.05, 0.1) is 30.6 Å². The summed E-state index contributed by atoms with van der Waals surface area (Å²) >= 11 is 0. The predicted molar refractivity (Wildman–Crippen MR) is 143 cm³/mol. The number of hydrogen-bond acceptors (Lipinski definition) is 9. The number of fused-ring (bicyclic) bond motifs is 1. The zero-order valence-corrected chi connectivity index (χ0v) is 23.2. The van der Waals surface area contributed by atoms with Gasteiger partial charge in [-0.25, -0.2) is 17.5 Å². The van der Waals surface area contributed by atoms with Gasteiger partial charge < -0.3 is 24.6 Å². The van der Waals surface area contributed by atoms with E-state index in [1.807, 2.05) is 11.8 Å². The number of nitrogens with one attached hydrogen (secondary N) is 1. The van der Waals surface area contributed by atoms with Crippen molar-refractivity contribution in [3.8, 4) is 16.9 Å². The predicted octanol–water partition coefficient (Wildman–Crippen LogP) is 2.13. The molecule has 2 aromatic carbocycles. The SMILES string of the molecule is Cc1noc(C)c1CN1C[C@@H](O)CNS(=O)(=O)c2ccc(-c3ccccc3F)cc2OCC2(C[C@@H](O)[C@@H](O)C2)C1. The van der Waals surface area contributed by atoms with E-state index in [1.165, 1.54) is 24.3 Å². The van der Waals surface area contributed by atoms with Crippen molar-refractivity contribution in [1.29, 1.82) is 0 Å². The Hall–Kier alpha value is -2.87. The van der Waals surface area contributed by atoms with Crippen molar-refractivity contribution in [2.24, 2.45) is 5.41 Å². The lowest BCUT2D eigenvalue weighted by molar-refractivity contribution is 0.0425. The minimum atomic E-state index is -4.12. The van der Waals surface area contributed by atoms with E-state index < -0.39 is 39.6 Å². The summed E-state index contributed by atoms with van der Waals surface area (Å²) in [5.74, 6) is 0.175. The van der Waals surface area contributed by atoms with Gasteiger partial charge in [0.25, 0.3) is 0 Å². The lowest BCUT2D eigenvalue weighted by atomic mass is 9.85. The third-order valence-corrected chi connectivity index (χ3v) is 9.24. The molecule has 2 aliphatic rings. The number of aliphatic hydroxyl groups is 3. The van der Waals surface area contributed by atoms with Crippen molar-refractivity contribution in [3.63, 3.8) is 0 Å². The minimum Gasteiger partial charge on any atom is -0.492 e. The first kappa shape index (κ1) is 28.7. The Morgan fingerprint density at radius 3 is 2.52 bits per heavy atom. The third-order valence-electron chi connectivity index (χ3n) is 7.78. The van der Waals surface area contributed by atoms with Gasteiger partial charge in [-0.1, -0.05) is 29.4 Å². The summed E-state index contributed by atoms with van der Waals surface area (Å²) in [6.45, 7) is 4.12.